The molecule has 3 fully saturated rings. The van der Waals surface area contributed by atoms with Gasteiger partial charge < -0.3 is 5.73 Å². The van der Waals surface area contributed by atoms with Gasteiger partial charge in [0.2, 0.25) is 0 Å². The predicted octanol–water partition coefficient (Wildman–Crippen LogP) is 2.27. The molecule has 0 spiro atoms. The Hall–Kier alpha value is -0.0800. The van der Waals surface area contributed by atoms with Crippen LogP contribution in [0, 0.1) is 0 Å². The van der Waals surface area contributed by atoms with Gasteiger partial charge in [0.05, 0.1) is 0 Å². The van der Waals surface area contributed by atoms with E-state index in [4.69, 9.17) is 5.73 Å². The highest BCUT2D eigenvalue weighted by Crippen LogP contribution is 2.46. The Labute approximate surface area is 93.2 Å². The van der Waals surface area contributed by atoms with E-state index in [-0.39, 0.29) is 0 Å². The summed E-state index contributed by atoms with van der Waals surface area (Å²) >= 11 is 0. The van der Waals surface area contributed by atoms with E-state index in [0.29, 0.717) is 11.6 Å². The van der Waals surface area contributed by atoms with Crippen LogP contribution in [0.5, 0.6) is 0 Å². The Kier molecular flexibility index (Phi) is 2.33. The molecule has 0 amide bonds. The molecule has 2 N–H and O–H groups in total. The van der Waals surface area contributed by atoms with Crippen LogP contribution in [-0.2, 0) is 0 Å². The summed E-state index contributed by atoms with van der Waals surface area (Å²) in [4.78, 5) is 2.88. The molecule has 86 valence electrons. The van der Waals surface area contributed by atoms with Crippen molar-refractivity contribution < 1.29 is 0 Å². The lowest BCUT2D eigenvalue weighted by Crippen LogP contribution is -2.65. The van der Waals surface area contributed by atoms with Gasteiger partial charge in [0.1, 0.15) is 0 Å². The van der Waals surface area contributed by atoms with Crippen LogP contribution in [-0.4, -0.2) is 28.6 Å². The standard InChI is InChI=1S/C13H24N2/c1-13(6-3-7-13)15-11-4-2-5-12(15)9-10(14)8-11/h10-12H,2-9,14H2,1H3. The Morgan fingerprint density at radius 2 is 1.67 bits per heavy atom. The lowest BCUT2D eigenvalue weighted by molar-refractivity contribution is -0.0862. The zero-order valence-corrected chi connectivity index (χ0v) is 9.91. The topological polar surface area (TPSA) is 29.3 Å². The molecule has 3 aliphatic rings. The number of rotatable bonds is 1. The molecule has 2 saturated heterocycles. The molecule has 0 aromatic carbocycles. The van der Waals surface area contributed by atoms with Gasteiger partial charge in [-0.25, -0.2) is 0 Å². The van der Waals surface area contributed by atoms with Gasteiger partial charge in [0.25, 0.3) is 0 Å². The second-order valence-electron chi connectivity index (χ2n) is 6.23. The molecule has 2 heteroatoms. The molecule has 2 heterocycles. The van der Waals surface area contributed by atoms with Gasteiger partial charge in [0, 0.05) is 23.7 Å². The van der Waals surface area contributed by atoms with Crippen LogP contribution in [0.15, 0.2) is 0 Å². The lowest BCUT2D eigenvalue weighted by atomic mass is 9.70. The van der Waals surface area contributed by atoms with E-state index < -0.39 is 0 Å². The summed E-state index contributed by atoms with van der Waals surface area (Å²) in [5.41, 5.74) is 6.71. The molecule has 3 rings (SSSR count). The normalized spacial score (nSPS) is 44.8. The van der Waals surface area contributed by atoms with Crippen molar-refractivity contribution in [3.05, 3.63) is 0 Å². The van der Waals surface area contributed by atoms with Crippen molar-refractivity contribution in [2.24, 2.45) is 5.73 Å². The number of fused-ring (bicyclic) bond motifs is 2. The smallest absolute Gasteiger partial charge is 0.0187 e. The fourth-order valence-electron chi connectivity index (χ4n) is 4.25. The van der Waals surface area contributed by atoms with Gasteiger partial charge in [-0.3, -0.25) is 4.90 Å². The van der Waals surface area contributed by atoms with E-state index in [0.717, 1.165) is 12.1 Å². The first-order valence-electron chi connectivity index (χ1n) is 6.73. The van der Waals surface area contributed by atoms with Crippen LogP contribution in [0.3, 0.4) is 0 Å². The van der Waals surface area contributed by atoms with Gasteiger partial charge in [-0.15, -0.1) is 0 Å². The van der Waals surface area contributed by atoms with E-state index in [1.165, 1.54) is 51.4 Å². The van der Waals surface area contributed by atoms with Crippen molar-refractivity contribution in [2.45, 2.75) is 82.0 Å². The van der Waals surface area contributed by atoms with E-state index in [9.17, 15) is 0 Å². The predicted molar refractivity (Wildman–Crippen MR) is 62.7 cm³/mol. The van der Waals surface area contributed by atoms with E-state index in [1.54, 1.807) is 0 Å². The maximum absolute atomic E-state index is 6.16. The SMILES string of the molecule is CC1(N2C3CCCC2CC(N)C3)CCC1. The minimum absolute atomic E-state index is 0.486. The number of hydrogen-bond donors (Lipinski definition) is 1. The Balaban J connectivity index is 1.82. The highest BCUT2D eigenvalue weighted by Gasteiger charge is 2.48. The van der Waals surface area contributed by atoms with Crippen LogP contribution in [0.2, 0.25) is 0 Å². The molecule has 0 aromatic heterocycles. The van der Waals surface area contributed by atoms with Gasteiger partial charge >= 0.3 is 0 Å². The molecule has 2 bridgehead atoms. The molecule has 0 radical (unpaired) electrons. The highest BCUT2D eigenvalue weighted by molar-refractivity contribution is 5.04. The number of hydrogen-bond acceptors (Lipinski definition) is 2. The fourth-order valence-corrected chi connectivity index (χ4v) is 4.25. The average Bonchev–Trinajstić information content (AvgIpc) is 2.13. The second kappa shape index (κ2) is 3.46. The summed E-state index contributed by atoms with van der Waals surface area (Å²) < 4.78 is 0. The Bertz CT molecular complexity index is 233. The van der Waals surface area contributed by atoms with Gasteiger partial charge in [-0.05, 0) is 51.9 Å². The van der Waals surface area contributed by atoms with Crippen LogP contribution < -0.4 is 5.73 Å². The average molecular weight is 208 g/mol. The van der Waals surface area contributed by atoms with Crippen molar-refractivity contribution in [3.63, 3.8) is 0 Å². The molecule has 2 atom stereocenters. The molecule has 2 unspecified atom stereocenters. The quantitative estimate of drug-likeness (QED) is 0.716. The molecule has 2 aliphatic heterocycles. The van der Waals surface area contributed by atoms with Gasteiger partial charge in [-0.2, -0.15) is 0 Å². The molecule has 2 nitrogen and oxygen atoms in total. The first-order chi connectivity index (χ1) is 7.19. The summed E-state index contributed by atoms with van der Waals surface area (Å²) in [5, 5.41) is 0. The number of nitrogens with zero attached hydrogens (tertiary/aromatic N) is 1. The fraction of sp³-hybridized carbons (Fsp3) is 1.00. The van der Waals surface area contributed by atoms with Crippen molar-refractivity contribution in [3.8, 4) is 0 Å². The molecule has 1 aliphatic carbocycles. The zero-order chi connectivity index (χ0) is 10.5. The molecule has 0 aromatic rings. The van der Waals surface area contributed by atoms with Crippen LogP contribution in [0.1, 0.15) is 58.3 Å². The number of piperidine rings is 2. The van der Waals surface area contributed by atoms with Crippen molar-refractivity contribution in [1.82, 2.24) is 4.90 Å². The molecular weight excluding hydrogens is 184 g/mol. The third kappa shape index (κ3) is 1.53. The maximum Gasteiger partial charge on any atom is 0.0187 e. The Morgan fingerprint density at radius 3 is 2.13 bits per heavy atom. The Morgan fingerprint density at radius 1 is 1.07 bits per heavy atom. The summed E-state index contributed by atoms with van der Waals surface area (Å²) in [6, 6.07) is 2.12. The second-order valence-corrected chi connectivity index (χ2v) is 6.23. The minimum Gasteiger partial charge on any atom is -0.328 e. The largest absolute Gasteiger partial charge is 0.328 e. The third-order valence-corrected chi connectivity index (χ3v) is 5.07. The van der Waals surface area contributed by atoms with E-state index >= 15 is 0 Å². The molecule has 15 heavy (non-hydrogen) atoms. The van der Waals surface area contributed by atoms with E-state index in [2.05, 4.69) is 11.8 Å². The maximum atomic E-state index is 6.16. The molecule has 1 saturated carbocycles. The van der Waals surface area contributed by atoms with Crippen LogP contribution in [0.4, 0.5) is 0 Å². The first-order valence-corrected chi connectivity index (χ1v) is 6.73. The van der Waals surface area contributed by atoms with Crippen molar-refractivity contribution in [1.29, 1.82) is 0 Å². The summed E-state index contributed by atoms with van der Waals surface area (Å²) in [6.07, 6.45) is 11.1. The van der Waals surface area contributed by atoms with Crippen molar-refractivity contribution in [2.75, 3.05) is 0 Å². The zero-order valence-electron chi connectivity index (χ0n) is 9.91. The third-order valence-electron chi connectivity index (χ3n) is 5.07. The van der Waals surface area contributed by atoms with Gasteiger partial charge in [-0.1, -0.05) is 6.42 Å². The summed E-state index contributed by atoms with van der Waals surface area (Å²) in [5.74, 6) is 0. The van der Waals surface area contributed by atoms with Crippen molar-refractivity contribution >= 4 is 0 Å². The van der Waals surface area contributed by atoms with Gasteiger partial charge in [0.15, 0.2) is 0 Å². The van der Waals surface area contributed by atoms with Crippen LogP contribution in [0.25, 0.3) is 0 Å². The highest BCUT2D eigenvalue weighted by atomic mass is 15.3. The monoisotopic (exact) mass is 208 g/mol. The number of nitrogens with two attached hydrogens (primary N) is 1. The summed E-state index contributed by atoms with van der Waals surface area (Å²) in [6.45, 7) is 2.48. The molecular formula is C13H24N2. The van der Waals surface area contributed by atoms with Crippen LogP contribution >= 0.6 is 0 Å². The summed E-state index contributed by atoms with van der Waals surface area (Å²) in [7, 11) is 0. The minimum atomic E-state index is 0.486. The van der Waals surface area contributed by atoms with E-state index in [1.807, 2.05) is 0 Å². The lowest BCUT2D eigenvalue weighted by Gasteiger charge is -2.59. The first kappa shape index (κ1) is 10.1.